The normalized spacial score (nSPS) is 16.9. The largest absolute Gasteiger partial charge is 0.492 e. The molecule has 1 aromatic rings. The van der Waals surface area contributed by atoms with Gasteiger partial charge in [-0.1, -0.05) is 18.2 Å². The molecule has 0 aromatic heterocycles. The van der Waals surface area contributed by atoms with Gasteiger partial charge in [0.1, 0.15) is 12.4 Å². The molecule has 1 aliphatic rings. The van der Waals surface area contributed by atoms with Gasteiger partial charge in [0.15, 0.2) is 0 Å². The molecule has 3 nitrogen and oxygen atoms in total. The van der Waals surface area contributed by atoms with Crippen LogP contribution in [-0.2, 0) is 6.54 Å². The minimum atomic E-state index is 0.124. The van der Waals surface area contributed by atoms with Gasteiger partial charge in [-0.2, -0.15) is 11.8 Å². The second-order valence-corrected chi connectivity index (χ2v) is 7.74. The van der Waals surface area contributed by atoms with E-state index in [1.54, 1.807) is 0 Å². The summed E-state index contributed by atoms with van der Waals surface area (Å²) >= 11 is 2.05. The maximum Gasteiger partial charge on any atom is 0.123 e. The van der Waals surface area contributed by atoms with E-state index in [4.69, 9.17) is 4.74 Å². The first kappa shape index (κ1) is 16.7. The van der Waals surface area contributed by atoms with Crippen LogP contribution in [0.5, 0.6) is 5.75 Å². The second-order valence-electron chi connectivity index (χ2n) is 6.51. The monoisotopic (exact) mass is 308 g/mol. The van der Waals surface area contributed by atoms with E-state index < -0.39 is 0 Å². The topological polar surface area (TPSA) is 24.5 Å². The van der Waals surface area contributed by atoms with Crippen molar-refractivity contribution in [2.24, 2.45) is 0 Å². The molecule has 0 spiro atoms. The molecule has 1 aliphatic heterocycles. The lowest BCUT2D eigenvalue weighted by Gasteiger charge is -2.26. The van der Waals surface area contributed by atoms with Gasteiger partial charge in [0.2, 0.25) is 0 Å². The molecule has 0 atom stereocenters. The Morgan fingerprint density at radius 1 is 1.19 bits per heavy atom. The minimum Gasteiger partial charge on any atom is -0.492 e. The third kappa shape index (κ3) is 6.29. The highest BCUT2D eigenvalue weighted by Gasteiger charge is 2.12. The Kier molecular flexibility index (Phi) is 6.40. The van der Waals surface area contributed by atoms with E-state index in [0.29, 0.717) is 0 Å². The summed E-state index contributed by atoms with van der Waals surface area (Å²) in [5.41, 5.74) is 1.36. The van der Waals surface area contributed by atoms with Crippen molar-refractivity contribution in [2.75, 3.05) is 37.7 Å². The van der Waals surface area contributed by atoms with E-state index in [9.17, 15) is 0 Å². The number of nitrogens with one attached hydrogen (secondary N) is 1. The van der Waals surface area contributed by atoms with E-state index in [-0.39, 0.29) is 5.54 Å². The van der Waals surface area contributed by atoms with E-state index >= 15 is 0 Å². The van der Waals surface area contributed by atoms with Crippen LogP contribution in [0.1, 0.15) is 26.3 Å². The smallest absolute Gasteiger partial charge is 0.123 e. The maximum atomic E-state index is 6.02. The number of para-hydroxylation sites is 1. The first-order valence-corrected chi connectivity index (χ1v) is 8.96. The molecule has 0 saturated carbocycles. The molecule has 0 unspecified atom stereocenters. The summed E-state index contributed by atoms with van der Waals surface area (Å²) < 4.78 is 6.02. The summed E-state index contributed by atoms with van der Waals surface area (Å²) in [5, 5.41) is 3.53. The van der Waals surface area contributed by atoms with Gasteiger partial charge >= 0.3 is 0 Å². The fourth-order valence-corrected chi connectivity index (χ4v) is 3.24. The summed E-state index contributed by atoms with van der Waals surface area (Å²) in [7, 11) is 0. The summed E-state index contributed by atoms with van der Waals surface area (Å²) in [4.78, 5) is 2.49. The van der Waals surface area contributed by atoms with E-state index in [0.717, 1.165) is 25.4 Å². The van der Waals surface area contributed by atoms with Crippen molar-refractivity contribution in [3.63, 3.8) is 0 Å². The molecule has 1 fully saturated rings. The van der Waals surface area contributed by atoms with Crippen molar-refractivity contribution in [2.45, 2.75) is 32.9 Å². The van der Waals surface area contributed by atoms with Crippen LogP contribution in [-0.4, -0.2) is 48.2 Å². The number of hydrogen-bond acceptors (Lipinski definition) is 4. The van der Waals surface area contributed by atoms with Crippen molar-refractivity contribution in [3.05, 3.63) is 29.8 Å². The second kappa shape index (κ2) is 8.06. The zero-order valence-electron chi connectivity index (χ0n) is 13.5. The molecule has 1 saturated heterocycles. The van der Waals surface area contributed by atoms with Crippen molar-refractivity contribution < 1.29 is 4.74 Å². The Balaban J connectivity index is 1.81. The quantitative estimate of drug-likeness (QED) is 0.873. The van der Waals surface area contributed by atoms with Gasteiger partial charge in [-0.25, -0.2) is 0 Å². The Morgan fingerprint density at radius 3 is 2.62 bits per heavy atom. The number of hydrogen-bond donors (Lipinski definition) is 1. The third-order valence-corrected chi connectivity index (χ3v) is 4.49. The van der Waals surface area contributed by atoms with E-state index in [2.05, 4.69) is 49.2 Å². The molecule has 2 rings (SSSR count). The van der Waals surface area contributed by atoms with Gasteiger partial charge in [0.05, 0.1) is 0 Å². The Labute approximate surface area is 133 Å². The summed E-state index contributed by atoms with van der Waals surface area (Å²) in [5.74, 6) is 3.53. The van der Waals surface area contributed by atoms with E-state index in [1.165, 1.54) is 30.2 Å². The number of thioether (sulfide) groups is 1. The summed E-state index contributed by atoms with van der Waals surface area (Å²) in [6.45, 7) is 11.6. The van der Waals surface area contributed by atoms with Crippen molar-refractivity contribution in [1.29, 1.82) is 0 Å². The number of ether oxygens (including phenoxy) is 1. The fourth-order valence-electron chi connectivity index (χ4n) is 2.26. The van der Waals surface area contributed by atoms with Crippen LogP contribution in [0.25, 0.3) is 0 Å². The fraction of sp³-hybridized carbons (Fsp3) is 0.647. The lowest BCUT2D eigenvalue weighted by molar-refractivity contribution is 0.220. The van der Waals surface area contributed by atoms with Gasteiger partial charge in [0.25, 0.3) is 0 Å². The minimum absolute atomic E-state index is 0.124. The number of benzene rings is 1. The molecular formula is C17H28N2OS. The molecule has 4 heteroatoms. The highest BCUT2D eigenvalue weighted by Crippen LogP contribution is 2.19. The molecule has 0 aliphatic carbocycles. The van der Waals surface area contributed by atoms with Crippen LogP contribution < -0.4 is 10.1 Å². The predicted octanol–water partition coefficient (Wildman–Crippen LogP) is 3.00. The van der Waals surface area contributed by atoms with Gasteiger partial charge in [-0.3, -0.25) is 4.90 Å². The molecule has 0 radical (unpaired) electrons. The molecule has 21 heavy (non-hydrogen) atoms. The summed E-state index contributed by atoms with van der Waals surface area (Å²) in [6, 6.07) is 8.35. The van der Waals surface area contributed by atoms with Gasteiger partial charge < -0.3 is 10.1 Å². The van der Waals surface area contributed by atoms with Crippen LogP contribution in [0.4, 0.5) is 0 Å². The van der Waals surface area contributed by atoms with Gasteiger partial charge in [-0.05, 0) is 26.8 Å². The average molecular weight is 308 g/mol. The Bertz CT molecular complexity index is 425. The highest BCUT2D eigenvalue weighted by molar-refractivity contribution is 7.99. The van der Waals surface area contributed by atoms with Gasteiger partial charge in [0, 0.05) is 48.8 Å². The summed E-state index contributed by atoms with van der Waals surface area (Å²) in [6.07, 6.45) is 0. The zero-order chi connectivity index (χ0) is 15.1. The van der Waals surface area contributed by atoms with Crippen molar-refractivity contribution in [3.8, 4) is 5.75 Å². The number of rotatable bonds is 6. The van der Waals surface area contributed by atoms with Crippen LogP contribution in [0.15, 0.2) is 24.3 Å². The highest BCUT2D eigenvalue weighted by atomic mass is 32.2. The van der Waals surface area contributed by atoms with E-state index in [1.807, 2.05) is 17.8 Å². The van der Waals surface area contributed by atoms with Crippen molar-refractivity contribution >= 4 is 11.8 Å². The van der Waals surface area contributed by atoms with Crippen LogP contribution >= 0.6 is 11.8 Å². The molecule has 1 heterocycles. The van der Waals surface area contributed by atoms with Gasteiger partial charge in [-0.15, -0.1) is 0 Å². The zero-order valence-corrected chi connectivity index (χ0v) is 14.3. The van der Waals surface area contributed by atoms with Crippen LogP contribution in [0.3, 0.4) is 0 Å². The molecule has 1 aromatic carbocycles. The standard InChI is InChI=1S/C17H28N2OS/c1-17(2,3)18-14-15-6-4-5-7-16(15)20-11-8-19-9-12-21-13-10-19/h4-7,18H,8-14H2,1-3H3. The lowest BCUT2D eigenvalue weighted by atomic mass is 10.1. The molecule has 1 N–H and O–H groups in total. The lowest BCUT2D eigenvalue weighted by Crippen LogP contribution is -2.36. The SMILES string of the molecule is CC(C)(C)NCc1ccccc1OCCN1CCSCC1. The Hall–Kier alpha value is -0.710. The first-order valence-electron chi connectivity index (χ1n) is 7.80. The van der Waals surface area contributed by atoms with Crippen LogP contribution in [0.2, 0.25) is 0 Å². The molecule has 118 valence electrons. The average Bonchev–Trinajstić information content (AvgIpc) is 2.46. The Morgan fingerprint density at radius 2 is 1.90 bits per heavy atom. The molecule has 0 amide bonds. The molecular weight excluding hydrogens is 280 g/mol. The predicted molar refractivity (Wildman–Crippen MR) is 92.3 cm³/mol. The third-order valence-electron chi connectivity index (χ3n) is 3.55. The molecule has 0 bridgehead atoms. The number of nitrogens with zero attached hydrogens (tertiary/aromatic N) is 1. The van der Waals surface area contributed by atoms with Crippen LogP contribution in [0, 0.1) is 0 Å². The first-order chi connectivity index (χ1) is 10.0. The van der Waals surface area contributed by atoms with Crippen molar-refractivity contribution in [1.82, 2.24) is 10.2 Å². The maximum absolute atomic E-state index is 6.02.